The highest BCUT2D eigenvalue weighted by molar-refractivity contribution is 6.52. The second-order valence-electron chi connectivity index (χ2n) is 6.89. The van der Waals surface area contributed by atoms with Crippen molar-refractivity contribution >= 4 is 6.92 Å². The molecular weight excluding hydrogens is 255 g/mol. The summed E-state index contributed by atoms with van der Waals surface area (Å²) in [4.78, 5) is 0. The Bertz CT molecular complexity index is 290. The van der Waals surface area contributed by atoms with E-state index >= 15 is 0 Å². The average Bonchev–Trinajstić information content (AvgIpc) is 2.50. The van der Waals surface area contributed by atoms with Gasteiger partial charge in [0.2, 0.25) is 0 Å². The van der Waals surface area contributed by atoms with Crippen LogP contribution in [0.15, 0.2) is 11.3 Å². The van der Waals surface area contributed by atoms with Crippen molar-refractivity contribution in [3.05, 3.63) is 11.3 Å². The molecular formula is C19H37BO. The minimum Gasteiger partial charge on any atom is -0.563 e. The second-order valence-corrected chi connectivity index (χ2v) is 6.89. The van der Waals surface area contributed by atoms with E-state index in [2.05, 4.69) is 27.7 Å². The molecule has 122 valence electrons. The number of hydrogen-bond donors (Lipinski definition) is 0. The van der Waals surface area contributed by atoms with Gasteiger partial charge in [0.05, 0.1) is 5.76 Å². The van der Waals surface area contributed by atoms with Gasteiger partial charge in [0.15, 0.2) is 0 Å². The lowest BCUT2D eigenvalue weighted by atomic mass is 9.59. The molecule has 0 radical (unpaired) electrons. The maximum atomic E-state index is 6.60. The topological polar surface area (TPSA) is 9.23 Å². The van der Waals surface area contributed by atoms with E-state index in [0.717, 1.165) is 0 Å². The lowest BCUT2D eigenvalue weighted by Crippen LogP contribution is -2.23. The Kier molecular flexibility index (Phi) is 9.96. The van der Waals surface area contributed by atoms with E-state index in [1.807, 2.05) is 0 Å². The van der Waals surface area contributed by atoms with Gasteiger partial charge in [-0.2, -0.15) is 0 Å². The highest BCUT2D eigenvalue weighted by atomic mass is 16.4. The van der Waals surface area contributed by atoms with Crippen molar-refractivity contribution in [1.82, 2.24) is 0 Å². The van der Waals surface area contributed by atoms with Crippen molar-refractivity contribution in [1.29, 1.82) is 0 Å². The van der Waals surface area contributed by atoms with Gasteiger partial charge in [-0.05, 0) is 50.3 Å². The summed E-state index contributed by atoms with van der Waals surface area (Å²) < 4.78 is 6.60. The molecule has 0 bridgehead atoms. The third kappa shape index (κ3) is 6.93. The van der Waals surface area contributed by atoms with Gasteiger partial charge < -0.3 is 4.65 Å². The first-order valence-corrected chi connectivity index (χ1v) is 9.61. The van der Waals surface area contributed by atoms with Gasteiger partial charge in [0.1, 0.15) is 0 Å². The second kappa shape index (κ2) is 11.2. The van der Waals surface area contributed by atoms with Gasteiger partial charge in [0, 0.05) is 5.92 Å². The summed E-state index contributed by atoms with van der Waals surface area (Å²) in [6.07, 6.45) is 15.5. The standard InChI is InChI=1S/C19H37BO/c1-5-8-13-18-14-11-12-17(4)19(18)21-20(15-9-6-2)16-10-7-3/h17H,5-16H2,1-4H3. The zero-order valence-corrected chi connectivity index (χ0v) is 15.0. The molecule has 0 aliphatic heterocycles. The van der Waals surface area contributed by atoms with E-state index in [4.69, 9.17) is 4.65 Å². The molecule has 0 aromatic rings. The van der Waals surface area contributed by atoms with Gasteiger partial charge in [-0.25, -0.2) is 0 Å². The average molecular weight is 292 g/mol. The van der Waals surface area contributed by atoms with Crippen LogP contribution in [0, 0.1) is 5.92 Å². The molecule has 0 aromatic heterocycles. The zero-order chi connectivity index (χ0) is 15.5. The molecule has 21 heavy (non-hydrogen) atoms. The van der Waals surface area contributed by atoms with Crippen LogP contribution in [0.5, 0.6) is 0 Å². The first kappa shape index (κ1) is 18.7. The van der Waals surface area contributed by atoms with E-state index in [1.54, 1.807) is 5.57 Å². The van der Waals surface area contributed by atoms with E-state index in [9.17, 15) is 0 Å². The molecule has 1 nitrogen and oxygen atoms in total. The van der Waals surface area contributed by atoms with Crippen LogP contribution in [0.2, 0.25) is 12.6 Å². The fraction of sp³-hybridized carbons (Fsp3) is 0.895. The number of unbranched alkanes of at least 4 members (excludes halogenated alkanes) is 3. The maximum absolute atomic E-state index is 6.60. The molecule has 2 heteroatoms. The van der Waals surface area contributed by atoms with Crippen LogP contribution in [-0.2, 0) is 4.65 Å². The minimum absolute atomic E-state index is 0.470. The summed E-state index contributed by atoms with van der Waals surface area (Å²) in [5, 5.41) is 0. The predicted molar refractivity (Wildman–Crippen MR) is 95.8 cm³/mol. The van der Waals surface area contributed by atoms with Crippen LogP contribution in [0.25, 0.3) is 0 Å². The minimum atomic E-state index is 0.470. The van der Waals surface area contributed by atoms with E-state index in [-0.39, 0.29) is 0 Å². The van der Waals surface area contributed by atoms with Crippen LogP contribution >= 0.6 is 0 Å². The Morgan fingerprint density at radius 1 is 1.00 bits per heavy atom. The first-order valence-electron chi connectivity index (χ1n) is 9.61. The Morgan fingerprint density at radius 3 is 2.19 bits per heavy atom. The van der Waals surface area contributed by atoms with Gasteiger partial charge in [-0.1, -0.05) is 59.8 Å². The Balaban J connectivity index is 2.70. The van der Waals surface area contributed by atoms with Crippen molar-refractivity contribution in [2.24, 2.45) is 5.92 Å². The molecule has 1 atom stereocenters. The molecule has 0 fully saturated rings. The molecule has 0 saturated heterocycles. The van der Waals surface area contributed by atoms with Crippen molar-refractivity contribution < 1.29 is 4.65 Å². The Hall–Kier alpha value is -0.395. The summed E-state index contributed by atoms with van der Waals surface area (Å²) in [6, 6.07) is 0. The van der Waals surface area contributed by atoms with Crippen LogP contribution in [0.3, 0.4) is 0 Å². The molecule has 0 amide bonds. The Morgan fingerprint density at radius 2 is 1.62 bits per heavy atom. The van der Waals surface area contributed by atoms with Crippen LogP contribution in [-0.4, -0.2) is 6.92 Å². The summed E-state index contributed by atoms with van der Waals surface area (Å²) in [5.74, 6) is 2.04. The van der Waals surface area contributed by atoms with Crippen LogP contribution < -0.4 is 0 Å². The van der Waals surface area contributed by atoms with E-state index in [1.165, 1.54) is 82.6 Å². The van der Waals surface area contributed by atoms with Gasteiger partial charge in [0.25, 0.3) is 0 Å². The summed E-state index contributed by atoms with van der Waals surface area (Å²) in [7, 11) is 0. The lowest BCUT2D eigenvalue weighted by molar-refractivity contribution is 0.314. The number of allylic oxidation sites excluding steroid dienone is 2. The lowest BCUT2D eigenvalue weighted by Gasteiger charge is -2.30. The molecule has 0 spiro atoms. The molecule has 0 saturated carbocycles. The number of rotatable bonds is 11. The Labute approximate surface area is 134 Å². The van der Waals surface area contributed by atoms with Crippen molar-refractivity contribution in [3.63, 3.8) is 0 Å². The van der Waals surface area contributed by atoms with Crippen LogP contribution in [0.4, 0.5) is 0 Å². The van der Waals surface area contributed by atoms with Gasteiger partial charge in [-0.15, -0.1) is 0 Å². The molecule has 1 unspecified atom stereocenters. The van der Waals surface area contributed by atoms with Crippen molar-refractivity contribution in [3.8, 4) is 0 Å². The molecule has 0 N–H and O–H groups in total. The monoisotopic (exact) mass is 292 g/mol. The SMILES string of the molecule is CCCCB(CCCC)OC1=C(CCCC)CCCC1C. The molecule has 1 aliphatic carbocycles. The zero-order valence-electron chi connectivity index (χ0n) is 15.0. The number of hydrogen-bond acceptors (Lipinski definition) is 1. The smallest absolute Gasteiger partial charge is 0.357 e. The first-order chi connectivity index (χ1) is 10.2. The van der Waals surface area contributed by atoms with Crippen LogP contribution in [0.1, 0.15) is 91.9 Å². The highest BCUT2D eigenvalue weighted by Gasteiger charge is 2.25. The quantitative estimate of drug-likeness (QED) is 0.378. The van der Waals surface area contributed by atoms with E-state index < -0.39 is 0 Å². The van der Waals surface area contributed by atoms with Gasteiger partial charge in [-0.3, -0.25) is 0 Å². The third-order valence-corrected chi connectivity index (χ3v) is 4.80. The van der Waals surface area contributed by atoms with Crippen molar-refractivity contribution in [2.75, 3.05) is 0 Å². The summed E-state index contributed by atoms with van der Waals surface area (Å²) in [5.41, 5.74) is 1.65. The highest BCUT2D eigenvalue weighted by Crippen LogP contribution is 2.34. The van der Waals surface area contributed by atoms with Gasteiger partial charge >= 0.3 is 6.92 Å². The summed E-state index contributed by atoms with van der Waals surface area (Å²) in [6.45, 7) is 9.70. The fourth-order valence-corrected chi connectivity index (χ4v) is 3.37. The largest absolute Gasteiger partial charge is 0.563 e. The molecule has 1 rings (SSSR count). The fourth-order valence-electron chi connectivity index (χ4n) is 3.37. The molecule has 0 aromatic carbocycles. The third-order valence-electron chi connectivity index (χ3n) is 4.80. The normalized spacial score (nSPS) is 19.0. The summed E-state index contributed by atoms with van der Waals surface area (Å²) >= 11 is 0. The maximum Gasteiger partial charge on any atom is 0.357 e. The molecule has 1 aliphatic rings. The van der Waals surface area contributed by atoms with E-state index in [0.29, 0.717) is 12.8 Å². The molecule has 0 heterocycles. The predicted octanol–water partition coefficient (Wildman–Crippen LogP) is 6.86. The van der Waals surface area contributed by atoms with Crippen molar-refractivity contribution in [2.45, 2.75) is 105 Å².